The largest absolute Gasteiger partial charge is 0.382 e. The highest BCUT2D eigenvalue weighted by Gasteiger charge is 1.96. The van der Waals surface area contributed by atoms with Crippen LogP contribution in [0.15, 0.2) is 0 Å². The number of methoxy groups -OCH3 is 1. The first-order valence-corrected chi connectivity index (χ1v) is 15.4. The van der Waals surface area contributed by atoms with Gasteiger partial charge in [-0.05, 0) is 6.92 Å². The Bertz CT molecular complexity index is 438. The van der Waals surface area contributed by atoms with Crippen LogP contribution in [0.3, 0.4) is 0 Å². The van der Waals surface area contributed by atoms with Gasteiger partial charge in [-0.15, -0.1) is 0 Å². The molecule has 0 aromatic heterocycles. The van der Waals surface area contributed by atoms with E-state index in [1.165, 1.54) is 0 Å². The zero-order valence-corrected chi connectivity index (χ0v) is 26.8. The second kappa shape index (κ2) is 41.4. The third-order valence-electron chi connectivity index (χ3n) is 5.10. The van der Waals surface area contributed by atoms with Crippen LogP contribution in [0.1, 0.15) is 6.92 Å². The monoisotopic (exact) mass is 632 g/mol. The normalized spacial score (nSPS) is 11.6. The average Bonchev–Trinajstić information content (AvgIpc) is 3.02. The zero-order valence-electron chi connectivity index (χ0n) is 26.8. The lowest BCUT2D eigenvalue weighted by Gasteiger charge is -2.09. The number of rotatable bonds is 40. The van der Waals surface area contributed by atoms with E-state index in [-0.39, 0.29) is 0 Å². The Kier molecular flexibility index (Phi) is 40.9. The van der Waals surface area contributed by atoms with E-state index < -0.39 is 0 Å². The van der Waals surface area contributed by atoms with Crippen molar-refractivity contribution in [1.82, 2.24) is 0 Å². The second-order valence-corrected chi connectivity index (χ2v) is 8.54. The third kappa shape index (κ3) is 41.4. The Labute approximate surface area is 259 Å². The Morgan fingerprint density at radius 3 is 0.488 bits per heavy atom. The maximum Gasteiger partial charge on any atom is 0.0701 e. The first kappa shape index (κ1) is 42.4. The van der Waals surface area contributed by atoms with Crippen molar-refractivity contribution < 1.29 is 66.3 Å². The number of hydrogen-bond acceptors (Lipinski definition) is 14. The van der Waals surface area contributed by atoms with E-state index in [0.717, 1.165) is 0 Å². The first-order chi connectivity index (χ1) is 21.4. The van der Waals surface area contributed by atoms with Gasteiger partial charge < -0.3 is 66.3 Å². The minimum atomic E-state index is 0.512. The highest BCUT2D eigenvalue weighted by molar-refractivity contribution is 4.39. The summed E-state index contributed by atoms with van der Waals surface area (Å²) >= 11 is 0. The fourth-order valence-corrected chi connectivity index (χ4v) is 2.93. The topological polar surface area (TPSA) is 129 Å². The molecule has 14 heteroatoms. The van der Waals surface area contributed by atoms with Gasteiger partial charge in [-0.1, -0.05) is 0 Å². The van der Waals surface area contributed by atoms with E-state index in [2.05, 4.69) is 0 Å². The van der Waals surface area contributed by atoms with Crippen molar-refractivity contribution in [3.8, 4) is 0 Å². The van der Waals surface area contributed by atoms with Gasteiger partial charge >= 0.3 is 0 Å². The quantitative estimate of drug-likeness (QED) is 0.0886. The zero-order chi connectivity index (χ0) is 31.0. The van der Waals surface area contributed by atoms with Gasteiger partial charge in [-0.25, -0.2) is 0 Å². The maximum absolute atomic E-state index is 5.47. The van der Waals surface area contributed by atoms with Crippen LogP contribution < -0.4 is 0 Å². The average molecular weight is 633 g/mol. The lowest BCUT2D eigenvalue weighted by Crippen LogP contribution is -2.15. The van der Waals surface area contributed by atoms with Crippen molar-refractivity contribution in [3.05, 3.63) is 0 Å². The molecule has 0 aliphatic heterocycles. The molecule has 0 saturated carbocycles. The number of hydrogen-bond donors (Lipinski definition) is 0. The molecule has 0 aromatic rings. The van der Waals surface area contributed by atoms with Crippen molar-refractivity contribution in [1.29, 1.82) is 0 Å². The van der Waals surface area contributed by atoms with E-state index in [1.807, 2.05) is 6.92 Å². The summed E-state index contributed by atoms with van der Waals surface area (Å²) < 4.78 is 75.2. The molecule has 0 rings (SSSR count). The summed E-state index contributed by atoms with van der Waals surface area (Å²) in [6.07, 6.45) is 0. The molecule has 14 nitrogen and oxygen atoms in total. The predicted molar refractivity (Wildman–Crippen MR) is 158 cm³/mol. The van der Waals surface area contributed by atoms with Crippen LogP contribution >= 0.6 is 0 Å². The van der Waals surface area contributed by atoms with E-state index >= 15 is 0 Å². The van der Waals surface area contributed by atoms with E-state index in [9.17, 15) is 0 Å². The Balaban J connectivity index is 3.02. The lowest BCUT2D eigenvalue weighted by atomic mass is 10.6. The summed E-state index contributed by atoms with van der Waals surface area (Å²) in [5.74, 6) is 0. The molecule has 0 bridgehead atoms. The molecule has 0 unspecified atom stereocenters. The molecule has 0 aliphatic carbocycles. The molecular formula is C29H60O14. The van der Waals surface area contributed by atoms with Gasteiger partial charge in [-0.3, -0.25) is 0 Å². The molecule has 0 N–H and O–H groups in total. The summed E-state index contributed by atoms with van der Waals surface area (Å²) in [5, 5.41) is 0. The Morgan fingerprint density at radius 1 is 0.209 bits per heavy atom. The van der Waals surface area contributed by atoms with Gasteiger partial charge in [0.2, 0.25) is 0 Å². The molecule has 43 heavy (non-hydrogen) atoms. The van der Waals surface area contributed by atoms with Crippen molar-refractivity contribution in [2.45, 2.75) is 6.92 Å². The van der Waals surface area contributed by atoms with Gasteiger partial charge in [0.25, 0.3) is 0 Å². The van der Waals surface area contributed by atoms with Crippen LogP contribution in [0.4, 0.5) is 0 Å². The first-order valence-electron chi connectivity index (χ1n) is 15.4. The molecule has 0 spiro atoms. The lowest BCUT2D eigenvalue weighted by molar-refractivity contribution is -0.0293. The summed E-state index contributed by atoms with van der Waals surface area (Å²) in [5.41, 5.74) is 0. The van der Waals surface area contributed by atoms with Gasteiger partial charge in [0.1, 0.15) is 0 Å². The fraction of sp³-hybridized carbons (Fsp3) is 1.00. The van der Waals surface area contributed by atoms with Crippen molar-refractivity contribution in [3.63, 3.8) is 0 Å². The Morgan fingerprint density at radius 2 is 0.349 bits per heavy atom. The molecule has 0 atom stereocenters. The standard InChI is InChI=1S/C29H60O14/c1-3-31-6-7-33-10-11-35-14-15-37-18-19-39-22-23-41-26-27-43-29-28-42-25-24-40-21-20-38-17-16-36-13-12-34-9-8-32-5-4-30-2/h3-29H2,1-2H3. The molecule has 0 heterocycles. The molecule has 0 aliphatic rings. The Hall–Kier alpha value is -0.560. The summed E-state index contributed by atoms with van der Waals surface area (Å²) in [6, 6.07) is 0. The van der Waals surface area contributed by atoms with Gasteiger partial charge in [-0.2, -0.15) is 0 Å². The van der Waals surface area contributed by atoms with Crippen LogP contribution in [0.2, 0.25) is 0 Å². The van der Waals surface area contributed by atoms with E-state index in [4.69, 9.17) is 66.3 Å². The van der Waals surface area contributed by atoms with Gasteiger partial charge in [0.15, 0.2) is 0 Å². The molecule has 0 radical (unpaired) electrons. The highest BCUT2D eigenvalue weighted by Crippen LogP contribution is 1.87. The summed E-state index contributed by atoms with van der Waals surface area (Å²) in [6.45, 7) is 16.6. The second-order valence-electron chi connectivity index (χ2n) is 8.54. The maximum atomic E-state index is 5.47. The SMILES string of the molecule is CCOCCOCCOCCOCCOCCOCCOCCOCCOCCOCCOCCOCCOCCOC. The smallest absolute Gasteiger partial charge is 0.0701 e. The van der Waals surface area contributed by atoms with Crippen LogP contribution in [0.25, 0.3) is 0 Å². The van der Waals surface area contributed by atoms with Crippen LogP contribution in [-0.4, -0.2) is 185 Å². The summed E-state index contributed by atoms with van der Waals surface area (Å²) in [4.78, 5) is 0. The predicted octanol–water partition coefficient (Wildman–Crippen LogP) is 0.869. The van der Waals surface area contributed by atoms with E-state index in [1.54, 1.807) is 7.11 Å². The summed E-state index contributed by atoms with van der Waals surface area (Å²) in [7, 11) is 1.65. The van der Waals surface area contributed by atoms with E-state index in [0.29, 0.717) is 178 Å². The molecule has 0 fully saturated rings. The molecule has 0 amide bonds. The van der Waals surface area contributed by atoms with Gasteiger partial charge in [0, 0.05) is 13.7 Å². The minimum Gasteiger partial charge on any atom is -0.382 e. The fourth-order valence-electron chi connectivity index (χ4n) is 2.93. The van der Waals surface area contributed by atoms with Crippen LogP contribution in [-0.2, 0) is 66.3 Å². The van der Waals surface area contributed by atoms with Crippen molar-refractivity contribution in [2.75, 3.05) is 185 Å². The molecule has 260 valence electrons. The van der Waals surface area contributed by atoms with Crippen LogP contribution in [0.5, 0.6) is 0 Å². The van der Waals surface area contributed by atoms with Gasteiger partial charge in [0.05, 0.1) is 172 Å². The highest BCUT2D eigenvalue weighted by atomic mass is 16.6. The third-order valence-corrected chi connectivity index (χ3v) is 5.10. The van der Waals surface area contributed by atoms with Crippen LogP contribution in [0, 0.1) is 0 Å². The number of ether oxygens (including phenoxy) is 14. The van der Waals surface area contributed by atoms with Crippen molar-refractivity contribution in [2.24, 2.45) is 0 Å². The molecule has 0 saturated heterocycles. The minimum absolute atomic E-state index is 0.512. The molecular weight excluding hydrogens is 572 g/mol. The van der Waals surface area contributed by atoms with Crippen molar-refractivity contribution >= 4 is 0 Å². The molecule has 0 aromatic carbocycles.